The predicted octanol–water partition coefficient (Wildman–Crippen LogP) is 2.56. The summed E-state index contributed by atoms with van der Waals surface area (Å²) in [6, 6.07) is 8.73. The molecule has 0 aliphatic heterocycles. The monoisotopic (exact) mass is 311 g/mol. The highest BCUT2D eigenvalue weighted by atomic mass is 16.4. The SMILES string of the molecule is O=C(O)c1ccn(-c2ccccc2NC(=O)C2[C@H]3CCC[C@@H]23)n1. The first-order valence-electron chi connectivity index (χ1n) is 7.84. The maximum Gasteiger partial charge on any atom is 0.356 e. The van der Waals surface area contributed by atoms with Gasteiger partial charge in [0.2, 0.25) is 5.91 Å². The van der Waals surface area contributed by atoms with Gasteiger partial charge in [0.1, 0.15) is 0 Å². The molecule has 2 aliphatic carbocycles. The molecule has 4 rings (SSSR count). The number of hydrogen-bond donors (Lipinski definition) is 2. The average molecular weight is 311 g/mol. The molecule has 1 unspecified atom stereocenters. The summed E-state index contributed by atoms with van der Waals surface area (Å²) in [6.07, 6.45) is 5.14. The van der Waals surface area contributed by atoms with Crippen LogP contribution in [0.2, 0.25) is 0 Å². The number of fused-ring (bicyclic) bond motifs is 1. The summed E-state index contributed by atoms with van der Waals surface area (Å²) >= 11 is 0. The second-order valence-electron chi connectivity index (χ2n) is 6.24. The molecule has 1 aromatic carbocycles. The minimum atomic E-state index is -1.07. The van der Waals surface area contributed by atoms with Crippen molar-refractivity contribution in [2.75, 3.05) is 5.32 Å². The summed E-state index contributed by atoms with van der Waals surface area (Å²) in [7, 11) is 0. The fourth-order valence-corrected chi connectivity index (χ4v) is 3.78. The van der Waals surface area contributed by atoms with Gasteiger partial charge in [-0.3, -0.25) is 4.79 Å². The van der Waals surface area contributed by atoms with E-state index in [1.54, 1.807) is 6.20 Å². The van der Waals surface area contributed by atoms with Gasteiger partial charge in [-0.15, -0.1) is 0 Å². The number of amides is 1. The Bertz CT molecular complexity index is 773. The highest BCUT2D eigenvalue weighted by molar-refractivity contribution is 5.96. The largest absolute Gasteiger partial charge is 0.476 e. The molecule has 2 fully saturated rings. The molecule has 1 aromatic heterocycles. The summed E-state index contributed by atoms with van der Waals surface area (Å²) in [5.41, 5.74) is 1.30. The summed E-state index contributed by atoms with van der Waals surface area (Å²) in [5, 5.41) is 16.0. The van der Waals surface area contributed by atoms with E-state index >= 15 is 0 Å². The molecule has 2 saturated carbocycles. The van der Waals surface area contributed by atoms with Gasteiger partial charge in [-0.05, 0) is 42.9 Å². The van der Waals surface area contributed by atoms with Crippen molar-refractivity contribution >= 4 is 17.6 Å². The summed E-state index contributed by atoms with van der Waals surface area (Å²) in [5.74, 6) is 0.258. The highest BCUT2D eigenvalue weighted by Gasteiger charge is 2.56. The Kier molecular flexibility index (Phi) is 3.18. The number of aromatic nitrogens is 2. The van der Waals surface area contributed by atoms with Crippen LogP contribution in [0.3, 0.4) is 0 Å². The van der Waals surface area contributed by atoms with Crippen LogP contribution in [0.1, 0.15) is 29.8 Å². The van der Waals surface area contributed by atoms with Crippen molar-refractivity contribution in [2.45, 2.75) is 19.3 Å². The Morgan fingerprint density at radius 1 is 1.17 bits per heavy atom. The second-order valence-corrected chi connectivity index (χ2v) is 6.24. The number of benzene rings is 1. The topological polar surface area (TPSA) is 84.2 Å². The molecule has 2 aliphatic rings. The maximum atomic E-state index is 12.5. The zero-order valence-corrected chi connectivity index (χ0v) is 12.5. The average Bonchev–Trinajstić information content (AvgIpc) is 2.95. The van der Waals surface area contributed by atoms with Gasteiger partial charge >= 0.3 is 5.97 Å². The minimum Gasteiger partial charge on any atom is -0.476 e. The van der Waals surface area contributed by atoms with Crippen LogP contribution >= 0.6 is 0 Å². The zero-order valence-electron chi connectivity index (χ0n) is 12.5. The first kappa shape index (κ1) is 14.0. The first-order valence-corrected chi connectivity index (χ1v) is 7.84. The van der Waals surface area contributed by atoms with E-state index in [1.165, 1.54) is 17.2 Å². The second kappa shape index (κ2) is 5.22. The standard InChI is InChI=1S/C17H17N3O3/c21-16(15-10-4-3-5-11(10)15)18-12-6-1-2-7-14(12)20-9-8-13(19-20)17(22)23/h1-2,6-11,15H,3-5H2,(H,18,21)(H,22,23)/t10-,11+,15?. The number of carbonyl (C=O) groups is 2. The predicted molar refractivity (Wildman–Crippen MR) is 83.5 cm³/mol. The lowest BCUT2D eigenvalue weighted by atomic mass is 10.1. The number of carboxylic acids is 1. The molecule has 118 valence electrons. The smallest absolute Gasteiger partial charge is 0.356 e. The number of nitrogens with zero attached hydrogens (tertiary/aromatic N) is 2. The lowest BCUT2D eigenvalue weighted by Crippen LogP contribution is -2.18. The van der Waals surface area contributed by atoms with Crippen molar-refractivity contribution in [1.29, 1.82) is 0 Å². The molecule has 0 spiro atoms. The molecule has 1 heterocycles. The Morgan fingerprint density at radius 2 is 1.91 bits per heavy atom. The first-order chi connectivity index (χ1) is 11.1. The Balaban J connectivity index is 1.57. The van der Waals surface area contributed by atoms with Gasteiger partial charge in [0, 0.05) is 12.1 Å². The number of nitrogens with one attached hydrogen (secondary N) is 1. The quantitative estimate of drug-likeness (QED) is 0.909. The van der Waals surface area contributed by atoms with Crippen LogP contribution in [-0.2, 0) is 4.79 Å². The van der Waals surface area contributed by atoms with E-state index in [-0.39, 0.29) is 17.5 Å². The number of anilines is 1. The van der Waals surface area contributed by atoms with Crippen LogP contribution in [-0.4, -0.2) is 26.8 Å². The van der Waals surface area contributed by atoms with Crippen LogP contribution in [0.4, 0.5) is 5.69 Å². The van der Waals surface area contributed by atoms with Crippen molar-refractivity contribution < 1.29 is 14.7 Å². The minimum absolute atomic E-state index is 0.0251. The molecule has 0 bridgehead atoms. The molecular weight excluding hydrogens is 294 g/mol. The molecule has 0 radical (unpaired) electrons. The van der Waals surface area contributed by atoms with Crippen LogP contribution in [0.25, 0.3) is 5.69 Å². The van der Waals surface area contributed by atoms with Gasteiger partial charge < -0.3 is 10.4 Å². The molecule has 2 aromatic rings. The molecule has 1 amide bonds. The van der Waals surface area contributed by atoms with Gasteiger partial charge in [-0.2, -0.15) is 5.10 Å². The van der Waals surface area contributed by atoms with Gasteiger partial charge in [0.25, 0.3) is 0 Å². The fraction of sp³-hybridized carbons (Fsp3) is 0.353. The third kappa shape index (κ3) is 2.40. The molecule has 6 heteroatoms. The normalized spacial score (nSPS) is 25.0. The lowest BCUT2D eigenvalue weighted by molar-refractivity contribution is -0.118. The van der Waals surface area contributed by atoms with Crippen molar-refractivity contribution in [3.05, 3.63) is 42.2 Å². The number of carboxylic acid groups (broad SMARTS) is 1. The van der Waals surface area contributed by atoms with Gasteiger partial charge in [-0.25, -0.2) is 9.48 Å². The van der Waals surface area contributed by atoms with Crippen molar-refractivity contribution in [2.24, 2.45) is 17.8 Å². The van der Waals surface area contributed by atoms with Gasteiger partial charge in [0.05, 0.1) is 11.4 Å². The van der Waals surface area contributed by atoms with E-state index in [9.17, 15) is 9.59 Å². The molecule has 3 atom stereocenters. The summed E-state index contributed by atoms with van der Waals surface area (Å²) < 4.78 is 1.48. The number of rotatable bonds is 4. The number of hydrogen-bond acceptors (Lipinski definition) is 3. The van der Waals surface area contributed by atoms with E-state index in [1.807, 2.05) is 24.3 Å². The molecule has 23 heavy (non-hydrogen) atoms. The van der Waals surface area contributed by atoms with Crippen molar-refractivity contribution in [1.82, 2.24) is 9.78 Å². The molecular formula is C17H17N3O3. The van der Waals surface area contributed by atoms with Crippen molar-refractivity contribution in [3.63, 3.8) is 0 Å². The molecule has 0 saturated heterocycles. The maximum absolute atomic E-state index is 12.5. The Hall–Kier alpha value is -2.63. The third-order valence-electron chi connectivity index (χ3n) is 4.93. The fourth-order valence-electron chi connectivity index (χ4n) is 3.78. The number of para-hydroxylation sites is 2. The Morgan fingerprint density at radius 3 is 2.61 bits per heavy atom. The van der Waals surface area contributed by atoms with Crippen molar-refractivity contribution in [3.8, 4) is 5.69 Å². The van der Waals surface area contributed by atoms with Crippen LogP contribution in [0, 0.1) is 17.8 Å². The van der Waals surface area contributed by atoms with Gasteiger partial charge in [-0.1, -0.05) is 18.6 Å². The van der Waals surface area contributed by atoms with E-state index < -0.39 is 5.97 Å². The van der Waals surface area contributed by atoms with E-state index in [0.717, 1.165) is 12.8 Å². The zero-order chi connectivity index (χ0) is 16.0. The van der Waals surface area contributed by atoms with Crippen LogP contribution in [0.5, 0.6) is 0 Å². The Labute approximate surface area is 133 Å². The third-order valence-corrected chi connectivity index (χ3v) is 4.93. The van der Waals surface area contributed by atoms with E-state index in [0.29, 0.717) is 23.2 Å². The molecule has 2 N–H and O–H groups in total. The van der Waals surface area contributed by atoms with Crippen LogP contribution < -0.4 is 5.32 Å². The number of aromatic carboxylic acids is 1. The molecule has 6 nitrogen and oxygen atoms in total. The summed E-state index contributed by atoms with van der Waals surface area (Å²) in [4.78, 5) is 23.4. The summed E-state index contributed by atoms with van der Waals surface area (Å²) in [6.45, 7) is 0. The van der Waals surface area contributed by atoms with E-state index in [2.05, 4.69) is 10.4 Å². The van der Waals surface area contributed by atoms with Crippen LogP contribution in [0.15, 0.2) is 36.5 Å². The van der Waals surface area contributed by atoms with Gasteiger partial charge in [0.15, 0.2) is 5.69 Å². The highest BCUT2D eigenvalue weighted by Crippen LogP contribution is 2.57. The lowest BCUT2D eigenvalue weighted by Gasteiger charge is -2.11. The van der Waals surface area contributed by atoms with E-state index in [4.69, 9.17) is 5.11 Å². The number of carbonyl (C=O) groups excluding carboxylic acids is 1.